The lowest BCUT2D eigenvalue weighted by molar-refractivity contribution is -0.0722. The van der Waals surface area contributed by atoms with Gasteiger partial charge in [0.05, 0.1) is 12.1 Å². The zero-order chi connectivity index (χ0) is 17.9. The maximum Gasteiger partial charge on any atom is 0.241 e. The second kappa shape index (κ2) is 7.83. The Hall–Kier alpha value is -1.47. The highest BCUT2D eigenvalue weighted by Crippen LogP contribution is 2.27. The van der Waals surface area contributed by atoms with E-state index in [0.29, 0.717) is 23.3 Å². The minimum atomic E-state index is -0.0523. The first-order valence-corrected chi connectivity index (χ1v) is 8.88. The predicted molar refractivity (Wildman–Crippen MR) is 97.5 cm³/mol. The highest BCUT2D eigenvalue weighted by atomic mass is 35.5. The van der Waals surface area contributed by atoms with E-state index in [1.54, 1.807) is 0 Å². The fourth-order valence-electron chi connectivity index (χ4n) is 3.35. The van der Waals surface area contributed by atoms with E-state index in [0.717, 1.165) is 38.0 Å². The van der Waals surface area contributed by atoms with Crippen LogP contribution in [-0.4, -0.2) is 66.4 Å². The van der Waals surface area contributed by atoms with Crippen LogP contribution in [0.25, 0.3) is 11.4 Å². The summed E-state index contributed by atoms with van der Waals surface area (Å²) in [5, 5.41) is 4.77. The Morgan fingerprint density at radius 3 is 2.52 bits per heavy atom. The molecule has 25 heavy (non-hydrogen) atoms. The van der Waals surface area contributed by atoms with Crippen LogP contribution >= 0.6 is 11.6 Å². The number of hydrogen-bond donors (Lipinski definition) is 0. The summed E-state index contributed by atoms with van der Waals surface area (Å²) in [7, 11) is 5.99. The molecule has 0 radical (unpaired) electrons. The van der Waals surface area contributed by atoms with E-state index >= 15 is 0 Å². The lowest BCUT2D eigenvalue weighted by atomic mass is 9.90. The van der Waals surface area contributed by atoms with Gasteiger partial charge >= 0.3 is 0 Å². The van der Waals surface area contributed by atoms with Crippen molar-refractivity contribution in [2.45, 2.75) is 25.0 Å². The Balaban J connectivity index is 1.58. The normalized spacial score (nSPS) is 18.0. The summed E-state index contributed by atoms with van der Waals surface area (Å²) >= 11 is 5.92. The van der Waals surface area contributed by atoms with Crippen LogP contribution in [0.2, 0.25) is 5.02 Å². The molecule has 1 aromatic heterocycles. The van der Waals surface area contributed by atoms with E-state index in [2.05, 4.69) is 34.0 Å². The molecule has 6 nitrogen and oxygen atoms in total. The Morgan fingerprint density at radius 2 is 1.92 bits per heavy atom. The van der Waals surface area contributed by atoms with Gasteiger partial charge in [0.2, 0.25) is 11.7 Å². The van der Waals surface area contributed by atoms with Crippen LogP contribution in [0, 0.1) is 0 Å². The van der Waals surface area contributed by atoms with Gasteiger partial charge in [0.25, 0.3) is 0 Å². The molecule has 2 aromatic rings. The molecule has 0 unspecified atom stereocenters. The third-order valence-electron chi connectivity index (χ3n) is 4.73. The molecule has 0 atom stereocenters. The molecular formula is C18H25ClN4O2. The van der Waals surface area contributed by atoms with Gasteiger partial charge in [0.15, 0.2) is 0 Å². The third-order valence-corrected chi connectivity index (χ3v) is 4.99. The molecule has 0 aliphatic carbocycles. The molecular weight excluding hydrogens is 340 g/mol. The van der Waals surface area contributed by atoms with Gasteiger partial charge in [-0.2, -0.15) is 4.98 Å². The monoisotopic (exact) mass is 364 g/mol. The van der Waals surface area contributed by atoms with Crippen molar-refractivity contribution in [3.63, 3.8) is 0 Å². The first kappa shape index (κ1) is 18.3. The second-order valence-corrected chi connectivity index (χ2v) is 7.36. The van der Waals surface area contributed by atoms with E-state index < -0.39 is 0 Å². The summed E-state index contributed by atoms with van der Waals surface area (Å²) in [5.74, 6) is 1.24. The van der Waals surface area contributed by atoms with E-state index in [9.17, 15) is 0 Å². The summed E-state index contributed by atoms with van der Waals surface area (Å²) < 4.78 is 11.2. The van der Waals surface area contributed by atoms with Gasteiger partial charge in [-0.05, 0) is 51.2 Å². The van der Waals surface area contributed by atoms with E-state index in [1.165, 1.54) is 0 Å². The number of likely N-dealkylation sites (N-methyl/N-ethyl adjacent to an activating group) is 1. The largest absolute Gasteiger partial charge is 0.377 e. The van der Waals surface area contributed by atoms with E-state index in [4.69, 9.17) is 20.9 Å². The second-order valence-electron chi connectivity index (χ2n) is 6.92. The van der Waals surface area contributed by atoms with Crippen molar-refractivity contribution < 1.29 is 9.26 Å². The van der Waals surface area contributed by atoms with Gasteiger partial charge in [-0.1, -0.05) is 16.8 Å². The number of nitrogens with zero attached hydrogens (tertiary/aromatic N) is 4. The quantitative estimate of drug-likeness (QED) is 0.785. The van der Waals surface area contributed by atoms with Crippen LogP contribution in [0.4, 0.5) is 0 Å². The summed E-state index contributed by atoms with van der Waals surface area (Å²) in [6.45, 7) is 3.53. The van der Waals surface area contributed by atoms with Crippen molar-refractivity contribution in [2.75, 3.05) is 40.8 Å². The van der Waals surface area contributed by atoms with Crippen molar-refractivity contribution in [3.8, 4) is 11.4 Å². The Kier molecular flexibility index (Phi) is 5.74. The average Bonchev–Trinajstić information content (AvgIpc) is 3.05. The SMILES string of the molecule is COC1(CN(C)C)CCN(Cc2nc(-c3ccc(Cl)cc3)no2)CC1. The summed E-state index contributed by atoms with van der Waals surface area (Å²) in [6, 6.07) is 7.44. The van der Waals surface area contributed by atoms with Crippen LogP contribution < -0.4 is 0 Å². The first-order chi connectivity index (χ1) is 12.0. The first-order valence-electron chi connectivity index (χ1n) is 8.50. The van der Waals surface area contributed by atoms with Crippen LogP contribution in [0.5, 0.6) is 0 Å². The van der Waals surface area contributed by atoms with Gasteiger partial charge in [0, 0.05) is 37.3 Å². The molecule has 1 aromatic carbocycles. The lowest BCUT2D eigenvalue weighted by Gasteiger charge is -2.41. The Labute approximate surface area is 153 Å². The molecule has 0 N–H and O–H groups in total. The number of hydrogen-bond acceptors (Lipinski definition) is 6. The Bertz CT molecular complexity index is 679. The van der Waals surface area contributed by atoms with Gasteiger partial charge in [-0.15, -0.1) is 0 Å². The van der Waals surface area contributed by atoms with Crippen molar-refractivity contribution >= 4 is 11.6 Å². The Morgan fingerprint density at radius 1 is 1.24 bits per heavy atom. The highest BCUT2D eigenvalue weighted by molar-refractivity contribution is 6.30. The minimum Gasteiger partial charge on any atom is -0.377 e. The summed E-state index contributed by atoms with van der Waals surface area (Å²) in [4.78, 5) is 9.04. The summed E-state index contributed by atoms with van der Waals surface area (Å²) in [6.07, 6.45) is 2.00. The average molecular weight is 365 g/mol. The summed E-state index contributed by atoms with van der Waals surface area (Å²) in [5.41, 5.74) is 0.853. The van der Waals surface area contributed by atoms with Gasteiger partial charge < -0.3 is 14.2 Å². The number of methoxy groups -OCH3 is 1. The molecule has 0 amide bonds. The molecule has 3 rings (SSSR count). The van der Waals surface area contributed by atoms with Gasteiger partial charge in [0.1, 0.15) is 0 Å². The van der Waals surface area contributed by atoms with Crippen molar-refractivity contribution in [3.05, 3.63) is 35.2 Å². The predicted octanol–water partition coefficient (Wildman–Crippen LogP) is 2.93. The molecule has 1 aliphatic heterocycles. The third kappa shape index (κ3) is 4.58. The highest BCUT2D eigenvalue weighted by Gasteiger charge is 2.35. The maximum atomic E-state index is 5.92. The van der Waals surface area contributed by atoms with Crippen LogP contribution in [-0.2, 0) is 11.3 Å². The van der Waals surface area contributed by atoms with E-state index in [1.807, 2.05) is 31.4 Å². The molecule has 2 heterocycles. The van der Waals surface area contributed by atoms with Crippen LogP contribution in [0.1, 0.15) is 18.7 Å². The van der Waals surface area contributed by atoms with Gasteiger partial charge in [-0.25, -0.2) is 0 Å². The smallest absolute Gasteiger partial charge is 0.241 e. The van der Waals surface area contributed by atoms with Crippen molar-refractivity contribution in [2.24, 2.45) is 0 Å². The zero-order valence-corrected chi connectivity index (χ0v) is 15.8. The molecule has 0 saturated carbocycles. The fourth-order valence-corrected chi connectivity index (χ4v) is 3.47. The molecule has 1 aliphatic rings. The van der Waals surface area contributed by atoms with E-state index in [-0.39, 0.29) is 5.60 Å². The lowest BCUT2D eigenvalue weighted by Crippen LogP contribution is -2.50. The van der Waals surface area contributed by atoms with Crippen LogP contribution in [0.3, 0.4) is 0 Å². The maximum absolute atomic E-state index is 5.92. The standard InChI is InChI=1S/C18H25ClN4O2/c1-22(2)13-18(24-3)8-10-23(11-9-18)12-16-20-17(21-25-16)14-4-6-15(19)7-5-14/h4-7H,8-13H2,1-3H3. The molecule has 1 fully saturated rings. The minimum absolute atomic E-state index is 0.0523. The topological polar surface area (TPSA) is 54.6 Å². The molecule has 0 spiro atoms. The zero-order valence-electron chi connectivity index (χ0n) is 15.0. The van der Waals surface area contributed by atoms with Crippen molar-refractivity contribution in [1.29, 1.82) is 0 Å². The van der Waals surface area contributed by atoms with Crippen molar-refractivity contribution in [1.82, 2.24) is 19.9 Å². The number of benzene rings is 1. The van der Waals surface area contributed by atoms with Gasteiger partial charge in [-0.3, -0.25) is 4.90 Å². The number of ether oxygens (including phenoxy) is 1. The fraction of sp³-hybridized carbons (Fsp3) is 0.556. The molecule has 1 saturated heterocycles. The van der Waals surface area contributed by atoms with Crippen LogP contribution in [0.15, 0.2) is 28.8 Å². The molecule has 136 valence electrons. The number of rotatable bonds is 6. The molecule has 7 heteroatoms. The number of aromatic nitrogens is 2. The number of halogens is 1. The molecule has 0 bridgehead atoms. The number of piperidine rings is 1. The number of likely N-dealkylation sites (tertiary alicyclic amines) is 1.